The molecule has 4 N–H and O–H groups in total. The van der Waals surface area contributed by atoms with Gasteiger partial charge in [-0.05, 0) is 44.2 Å². The van der Waals surface area contributed by atoms with Crippen LogP contribution in [0.2, 0.25) is 0 Å². The molecule has 1 unspecified atom stereocenters. The number of nitrogens with one attached hydrogen (secondary N) is 3. The average molecular weight is 307 g/mol. The molecule has 1 aromatic heterocycles. The van der Waals surface area contributed by atoms with E-state index < -0.39 is 5.97 Å². The van der Waals surface area contributed by atoms with Crippen LogP contribution in [-0.4, -0.2) is 28.1 Å². The van der Waals surface area contributed by atoms with Gasteiger partial charge in [-0.2, -0.15) is 0 Å². The first-order valence-electron chi connectivity index (χ1n) is 7.44. The van der Waals surface area contributed by atoms with Gasteiger partial charge in [0.1, 0.15) is 0 Å². The molecule has 1 heterocycles. The van der Waals surface area contributed by atoms with E-state index in [0.717, 1.165) is 5.56 Å². The predicted molar refractivity (Wildman–Crippen MR) is 80.5 cm³/mol. The van der Waals surface area contributed by atoms with Crippen molar-refractivity contribution in [1.29, 1.82) is 0 Å². The van der Waals surface area contributed by atoms with Crippen molar-refractivity contribution in [2.75, 3.05) is 0 Å². The van der Waals surface area contributed by atoms with E-state index in [9.17, 15) is 14.4 Å². The summed E-state index contributed by atoms with van der Waals surface area (Å²) in [5.74, 6) is -1.05. The van der Waals surface area contributed by atoms with Gasteiger partial charge in [0.15, 0.2) is 0 Å². The molecule has 0 aromatic carbocycles. The lowest BCUT2D eigenvalue weighted by molar-refractivity contribution is -0.142. The van der Waals surface area contributed by atoms with Crippen molar-refractivity contribution in [1.82, 2.24) is 15.6 Å². The summed E-state index contributed by atoms with van der Waals surface area (Å²) in [6.07, 6.45) is 4.06. The molecule has 7 heteroatoms. The number of carboxylic acids is 1. The zero-order chi connectivity index (χ0) is 16.1. The van der Waals surface area contributed by atoms with Crippen LogP contribution < -0.4 is 16.2 Å². The summed E-state index contributed by atoms with van der Waals surface area (Å²) in [6.45, 7) is 1.80. The molecule has 2 amide bonds. The lowest BCUT2D eigenvalue weighted by atomic mass is 9.86. The Hall–Kier alpha value is -2.31. The Morgan fingerprint density at radius 1 is 1.32 bits per heavy atom. The molecule has 0 radical (unpaired) electrons. The molecular weight excluding hydrogens is 286 g/mol. The number of amides is 2. The summed E-state index contributed by atoms with van der Waals surface area (Å²) in [7, 11) is 0. The first-order valence-corrected chi connectivity index (χ1v) is 7.44. The second kappa shape index (κ2) is 7.11. The fourth-order valence-electron chi connectivity index (χ4n) is 2.72. The van der Waals surface area contributed by atoms with E-state index in [-0.39, 0.29) is 29.6 Å². The second-order valence-electron chi connectivity index (χ2n) is 5.71. The van der Waals surface area contributed by atoms with Crippen molar-refractivity contribution < 1.29 is 14.7 Å². The third kappa shape index (κ3) is 4.34. The highest BCUT2D eigenvalue weighted by molar-refractivity contribution is 5.75. The number of carbonyl (C=O) groups excluding carboxylic acids is 1. The summed E-state index contributed by atoms with van der Waals surface area (Å²) in [4.78, 5) is 36.6. The van der Waals surface area contributed by atoms with Crippen molar-refractivity contribution in [3.63, 3.8) is 0 Å². The number of pyridine rings is 1. The van der Waals surface area contributed by atoms with Gasteiger partial charge in [0.2, 0.25) is 5.56 Å². The minimum Gasteiger partial charge on any atom is -0.481 e. The van der Waals surface area contributed by atoms with Crippen LogP contribution in [0.15, 0.2) is 23.1 Å². The maximum absolute atomic E-state index is 12.0. The van der Waals surface area contributed by atoms with Gasteiger partial charge in [0.25, 0.3) is 0 Å². The molecular formula is C15H21N3O4. The van der Waals surface area contributed by atoms with Gasteiger partial charge < -0.3 is 20.7 Å². The standard InChI is InChI=1S/C15H21N3O4/c1-9(11-6-7-16-13(19)8-11)17-15(22)18-12-4-2-10(3-5-12)14(20)21/h6-10,12H,2-5H2,1H3,(H,16,19)(H,20,21)(H2,17,18,22). The van der Waals surface area contributed by atoms with Gasteiger partial charge in [0, 0.05) is 18.3 Å². The maximum Gasteiger partial charge on any atom is 0.315 e. The molecule has 1 aliphatic carbocycles. The topological polar surface area (TPSA) is 111 Å². The van der Waals surface area contributed by atoms with Gasteiger partial charge >= 0.3 is 12.0 Å². The van der Waals surface area contributed by atoms with E-state index in [1.165, 1.54) is 6.07 Å². The van der Waals surface area contributed by atoms with E-state index >= 15 is 0 Å². The molecule has 0 aliphatic heterocycles. The number of hydrogen-bond donors (Lipinski definition) is 4. The summed E-state index contributed by atoms with van der Waals surface area (Å²) >= 11 is 0. The van der Waals surface area contributed by atoms with Crippen LogP contribution in [0.25, 0.3) is 0 Å². The molecule has 22 heavy (non-hydrogen) atoms. The van der Waals surface area contributed by atoms with Crippen LogP contribution in [0, 0.1) is 5.92 Å². The number of aromatic amines is 1. The van der Waals surface area contributed by atoms with E-state index in [1.54, 1.807) is 19.2 Å². The van der Waals surface area contributed by atoms with E-state index in [4.69, 9.17) is 5.11 Å². The normalized spacial score (nSPS) is 22.6. The Labute approximate surface area is 128 Å². The van der Waals surface area contributed by atoms with Crippen LogP contribution in [0.1, 0.15) is 44.2 Å². The number of hydrogen-bond acceptors (Lipinski definition) is 3. The number of aromatic nitrogens is 1. The molecule has 1 aliphatic rings. The van der Waals surface area contributed by atoms with E-state index in [0.29, 0.717) is 25.7 Å². The van der Waals surface area contributed by atoms with Crippen LogP contribution >= 0.6 is 0 Å². The summed E-state index contributed by atoms with van der Waals surface area (Å²) in [6, 6.07) is 2.61. The summed E-state index contributed by atoms with van der Waals surface area (Å²) < 4.78 is 0. The minimum atomic E-state index is -0.758. The molecule has 2 rings (SSSR count). The van der Waals surface area contributed by atoms with Crippen LogP contribution in [-0.2, 0) is 4.79 Å². The Morgan fingerprint density at radius 3 is 2.59 bits per heavy atom. The number of rotatable bonds is 4. The highest BCUT2D eigenvalue weighted by Crippen LogP contribution is 2.24. The number of H-pyrrole nitrogens is 1. The van der Waals surface area contributed by atoms with Gasteiger partial charge in [0.05, 0.1) is 12.0 Å². The Bertz CT molecular complexity index is 590. The lowest BCUT2D eigenvalue weighted by Crippen LogP contribution is -2.44. The molecule has 1 fully saturated rings. The Morgan fingerprint density at radius 2 is 2.00 bits per heavy atom. The molecule has 0 bridgehead atoms. The molecule has 1 atom stereocenters. The first-order chi connectivity index (χ1) is 10.5. The summed E-state index contributed by atoms with van der Waals surface area (Å²) in [5, 5.41) is 14.6. The van der Waals surface area contributed by atoms with E-state index in [1.807, 2.05) is 0 Å². The number of urea groups is 1. The van der Waals surface area contributed by atoms with Crippen molar-refractivity contribution in [2.45, 2.75) is 44.7 Å². The summed E-state index contributed by atoms with van der Waals surface area (Å²) in [5.41, 5.74) is 0.520. The Balaban J connectivity index is 1.81. The van der Waals surface area contributed by atoms with Gasteiger partial charge in [-0.3, -0.25) is 9.59 Å². The second-order valence-corrected chi connectivity index (χ2v) is 5.71. The fraction of sp³-hybridized carbons (Fsp3) is 0.533. The van der Waals surface area contributed by atoms with Crippen molar-refractivity contribution in [3.05, 3.63) is 34.2 Å². The number of carboxylic acid groups (broad SMARTS) is 1. The van der Waals surface area contributed by atoms with Crippen LogP contribution in [0.4, 0.5) is 4.79 Å². The van der Waals surface area contributed by atoms with Crippen LogP contribution in [0.3, 0.4) is 0 Å². The third-order valence-electron chi connectivity index (χ3n) is 4.06. The quantitative estimate of drug-likeness (QED) is 0.673. The first kappa shape index (κ1) is 16.1. The highest BCUT2D eigenvalue weighted by atomic mass is 16.4. The van der Waals surface area contributed by atoms with Gasteiger partial charge in [-0.25, -0.2) is 4.79 Å². The number of carbonyl (C=O) groups is 2. The zero-order valence-corrected chi connectivity index (χ0v) is 12.5. The minimum absolute atomic E-state index is 0.00183. The monoisotopic (exact) mass is 307 g/mol. The molecule has 7 nitrogen and oxygen atoms in total. The average Bonchev–Trinajstić information content (AvgIpc) is 2.47. The van der Waals surface area contributed by atoms with Crippen LogP contribution in [0.5, 0.6) is 0 Å². The molecule has 0 spiro atoms. The largest absolute Gasteiger partial charge is 0.481 e. The lowest BCUT2D eigenvalue weighted by Gasteiger charge is -2.27. The van der Waals surface area contributed by atoms with Gasteiger partial charge in [-0.1, -0.05) is 0 Å². The maximum atomic E-state index is 12.0. The number of aliphatic carboxylic acids is 1. The zero-order valence-electron chi connectivity index (χ0n) is 12.5. The van der Waals surface area contributed by atoms with Crippen molar-refractivity contribution in [3.8, 4) is 0 Å². The highest BCUT2D eigenvalue weighted by Gasteiger charge is 2.26. The van der Waals surface area contributed by atoms with Crippen molar-refractivity contribution >= 4 is 12.0 Å². The molecule has 120 valence electrons. The molecule has 1 saturated carbocycles. The SMILES string of the molecule is CC(NC(=O)NC1CCC(C(=O)O)CC1)c1cc[nH]c(=O)c1. The smallest absolute Gasteiger partial charge is 0.315 e. The van der Waals surface area contributed by atoms with E-state index in [2.05, 4.69) is 15.6 Å². The predicted octanol–water partition coefficient (Wildman–Crippen LogP) is 1.38. The fourth-order valence-corrected chi connectivity index (χ4v) is 2.72. The third-order valence-corrected chi connectivity index (χ3v) is 4.06. The Kier molecular flexibility index (Phi) is 5.19. The van der Waals surface area contributed by atoms with Gasteiger partial charge in [-0.15, -0.1) is 0 Å². The van der Waals surface area contributed by atoms with Crippen molar-refractivity contribution in [2.24, 2.45) is 5.92 Å². The molecule has 1 aromatic rings. The molecule has 0 saturated heterocycles.